The molecule has 1 N–H and O–H groups in total. The summed E-state index contributed by atoms with van der Waals surface area (Å²) in [6.45, 7) is 11.0. The van der Waals surface area contributed by atoms with Crippen LogP contribution in [0.1, 0.15) is 53.0 Å². The molecule has 2 atom stereocenters. The number of ether oxygens (including phenoxy) is 2. The smallest absolute Gasteiger partial charge is 0.408 e. The highest BCUT2D eigenvalue weighted by molar-refractivity contribution is 5.86. The molecule has 0 saturated carbocycles. The number of benzene rings is 1. The average Bonchev–Trinajstić information content (AvgIpc) is 3.07. The maximum atomic E-state index is 13.1. The van der Waals surface area contributed by atoms with Crippen LogP contribution in [0.2, 0.25) is 0 Å². The highest BCUT2D eigenvalue weighted by Crippen LogP contribution is 2.21. The van der Waals surface area contributed by atoms with Gasteiger partial charge < -0.3 is 19.7 Å². The van der Waals surface area contributed by atoms with Crippen molar-refractivity contribution in [2.24, 2.45) is 5.92 Å². The number of alkyl carbamates (subject to hydrolysis) is 1. The molecule has 0 unspecified atom stereocenters. The molecule has 6 nitrogen and oxygen atoms in total. The van der Waals surface area contributed by atoms with E-state index in [9.17, 15) is 9.59 Å². The van der Waals surface area contributed by atoms with Gasteiger partial charge in [0, 0.05) is 6.54 Å². The van der Waals surface area contributed by atoms with Gasteiger partial charge in [-0.1, -0.05) is 44.2 Å². The maximum absolute atomic E-state index is 13.1. The van der Waals surface area contributed by atoms with Crippen molar-refractivity contribution in [1.29, 1.82) is 0 Å². The van der Waals surface area contributed by atoms with E-state index in [2.05, 4.69) is 5.32 Å². The lowest BCUT2D eigenvalue weighted by Crippen LogP contribution is -2.53. The summed E-state index contributed by atoms with van der Waals surface area (Å²) in [5.74, 6) is -0.0989. The van der Waals surface area contributed by atoms with Crippen molar-refractivity contribution in [1.82, 2.24) is 10.2 Å². The highest BCUT2D eigenvalue weighted by atomic mass is 16.6. The lowest BCUT2D eigenvalue weighted by atomic mass is 10.0. The largest absolute Gasteiger partial charge is 0.444 e. The van der Waals surface area contributed by atoms with E-state index in [0.717, 1.165) is 18.4 Å². The van der Waals surface area contributed by atoms with E-state index < -0.39 is 17.7 Å². The molecule has 28 heavy (non-hydrogen) atoms. The number of hydrogen-bond donors (Lipinski definition) is 1. The summed E-state index contributed by atoms with van der Waals surface area (Å²) in [7, 11) is 0. The van der Waals surface area contributed by atoms with Crippen LogP contribution in [0.4, 0.5) is 4.79 Å². The van der Waals surface area contributed by atoms with E-state index in [0.29, 0.717) is 19.8 Å². The monoisotopic (exact) mass is 390 g/mol. The molecule has 1 aromatic rings. The van der Waals surface area contributed by atoms with Crippen molar-refractivity contribution in [2.75, 3.05) is 13.2 Å². The number of hydrogen-bond acceptors (Lipinski definition) is 4. The maximum Gasteiger partial charge on any atom is 0.408 e. The molecule has 6 heteroatoms. The predicted molar refractivity (Wildman–Crippen MR) is 109 cm³/mol. The summed E-state index contributed by atoms with van der Waals surface area (Å²) >= 11 is 0. The molecule has 0 bridgehead atoms. The molecule has 1 heterocycles. The summed E-state index contributed by atoms with van der Waals surface area (Å²) in [4.78, 5) is 27.2. The summed E-state index contributed by atoms with van der Waals surface area (Å²) in [5, 5.41) is 2.76. The minimum absolute atomic E-state index is 0.0356. The number of rotatable bonds is 7. The van der Waals surface area contributed by atoms with Gasteiger partial charge in [-0.3, -0.25) is 4.79 Å². The van der Waals surface area contributed by atoms with Gasteiger partial charge >= 0.3 is 6.09 Å². The number of amides is 2. The van der Waals surface area contributed by atoms with Crippen molar-refractivity contribution < 1.29 is 19.1 Å². The lowest BCUT2D eigenvalue weighted by molar-refractivity contribution is -0.136. The fourth-order valence-corrected chi connectivity index (χ4v) is 3.31. The number of likely N-dealkylation sites (tertiary alicyclic amines) is 1. The number of nitrogens with one attached hydrogen (secondary N) is 1. The zero-order chi connectivity index (χ0) is 20.7. The minimum atomic E-state index is -0.607. The first-order valence-electron chi connectivity index (χ1n) is 10.1. The van der Waals surface area contributed by atoms with Crippen molar-refractivity contribution in [3.63, 3.8) is 0 Å². The minimum Gasteiger partial charge on any atom is -0.444 e. The third-order valence-electron chi connectivity index (χ3n) is 4.69. The van der Waals surface area contributed by atoms with Gasteiger partial charge in [0.1, 0.15) is 11.6 Å². The first-order chi connectivity index (χ1) is 13.2. The molecule has 1 aliphatic heterocycles. The Morgan fingerprint density at radius 3 is 2.50 bits per heavy atom. The Kier molecular flexibility index (Phi) is 7.87. The van der Waals surface area contributed by atoms with Crippen LogP contribution >= 0.6 is 0 Å². The molecule has 0 aromatic heterocycles. The second-order valence-electron chi connectivity index (χ2n) is 8.70. The molecule has 156 valence electrons. The van der Waals surface area contributed by atoms with Gasteiger partial charge in [-0.2, -0.15) is 0 Å². The Morgan fingerprint density at radius 1 is 1.21 bits per heavy atom. The normalized spacial score (nSPS) is 18.2. The van der Waals surface area contributed by atoms with Crippen LogP contribution in [-0.4, -0.2) is 47.7 Å². The summed E-state index contributed by atoms with van der Waals surface area (Å²) < 4.78 is 11.2. The zero-order valence-electron chi connectivity index (χ0n) is 17.7. The fourth-order valence-electron chi connectivity index (χ4n) is 3.31. The van der Waals surface area contributed by atoms with Gasteiger partial charge in [-0.05, 0) is 45.1 Å². The zero-order valence-corrected chi connectivity index (χ0v) is 17.7. The van der Waals surface area contributed by atoms with E-state index in [1.807, 2.05) is 49.1 Å². The molecule has 1 fully saturated rings. The highest BCUT2D eigenvalue weighted by Gasteiger charge is 2.36. The Hall–Kier alpha value is -2.08. The molecule has 1 aromatic carbocycles. The average molecular weight is 391 g/mol. The standard InChI is InChI=1S/C22H34N2O4/c1-16(2)19(23-21(26)28-22(3,4)5)20(25)24-13-9-12-18(24)15-27-14-17-10-7-6-8-11-17/h6-8,10-11,16,18-19H,9,12-15H2,1-5H3,(H,23,26)/t18-,19+/m1/s1. The first kappa shape index (κ1) is 22.2. The topological polar surface area (TPSA) is 67.9 Å². The molecule has 0 spiro atoms. The van der Waals surface area contributed by atoms with Crippen LogP contribution in [0.3, 0.4) is 0 Å². The van der Waals surface area contributed by atoms with Crippen LogP contribution in [0.15, 0.2) is 30.3 Å². The van der Waals surface area contributed by atoms with E-state index in [4.69, 9.17) is 9.47 Å². The van der Waals surface area contributed by atoms with Gasteiger partial charge in [0.2, 0.25) is 5.91 Å². The van der Waals surface area contributed by atoms with E-state index in [1.54, 1.807) is 20.8 Å². The Morgan fingerprint density at radius 2 is 1.89 bits per heavy atom. The van der Waals surface area contributed by atoms with Gasteiger partial charge in [0.05, 0.1) is 19.3 Å². The van der Waals surface area contributed by atoms with Crippen LogP contribution < -0.4 is 5.32 Å². The van der Waals surface area contributed by atoms with Crippen molar-refractivity contribution in [2.45, 2.75) is 71.8 Å². The van der Waals surface area contributed by atoms with E-state index >= 15 is 0 Å². The third kappa shape index (κ3) is 6.82. The molecule has 2 rings (SSSR count). The molecule has 1 saturated heterocycles. The van der Waals surface area contributed by atoms with Crippen LogP contribution in [0, 0.1) is 5.92 Å². The second-order valence-corrected chi connectivity index (χ2v) is 8.70. The molecule has 0 aliphatic carbocycles. The number of carbonyl (C=O) groups is 2. The van der Waals surface area contributed by atoms with Crippen LogP contribution in [0.25, 0.3) is 0 Å². The molecular formula is C22H34N2O4. The molecule has 1 aliphatic rings. The second kappa shape index (κ2) is 9.92. The molecule has 2 amide bonds. The van der Waals surface area contributed by atoms with E-state index in [-0.39, 0.29) is 17.9 Å². The first-order valence-corrected chi connectivity index (χ1v) is 10.1. The van der Waals surface area contributed by atoms with Gasteiger partial charge in [0.15, 0.2) is 0 Å². The van der Waals surface area contributed by atoms with Crippen molar-refractivity contribution in [3.05, 3.63) is 35.9 Å². The Labute approximate surface area is 168 Å². The number of nitrogens with zero attached hydrogens (tertiary/aromatic N) is 1. The Bertz CT molecular complexity index is 640. The number of carbonyl (C=O) groups excluding carboxylic acids is 2. The van der Waals surface area contributed by atoms with Crippen molar-refractivity contribution in [3.8, 4) is 0 Å². The summed E-state index contributed by atoms with van der Waals surface area (Å²) in [6.07, 6.45) is 1.30. The lowest BCUT2D eigenvalue weighted by Gasteiger charge is -2.31. The van der Waals surface area contributed by atoms with Gasteiger partial charge in [-0.25, -0.2) is 4.79 Å². The Balaban J connectivity index is 1.93. The molecular weight excluding hydrogens is 356 g/mol. The third-order valence-corrected chi connectivity index (χ3v) is 4.69. The predicted octanol–water partition coefficient (Wildman–Crippen LogP) is 3.74. The van der Waals surface area contributed by atoms with Gasteiger partial charge in [0.25, 0.3) is 0 Å². The summed E-state index contributed by atoms with van der Waals surface area (Å²) in [6, 6.07) is 9.43. The molecule has 0 radical (unpaired) electrons. The summed E-state index contributed by atoms with van der Waals surface area (Å²) in [5.41, 5.74) is 0.515. The van der Waals surface area contributed by atoms with E-state index in [1.165, 1.54) is 0 Å². The SMILES string of the molecule is CC(C)[C@H](NC(=O)OC(C)(C)C)C(=O)N1CCC[C@@H]1COCc1ccccc1. The van der Waals surface area contributed by atoms with Gasteiger partial charge in [-0.15, -0.1) is 0 Å². The van der Waals surface area contributed by atoms with Crippen LogP contribution in [0.5, 0.6) is 0 Å². The van der Waals surface area contributed by atoms with Crippen LogP contribution in [-0.2, 0) is 20.9 Å². The quantitative estimate of drug-likeness (QED) is 0.770. The van der Waals surface area contributed by atoms with Crippen molar-refractivity contribution >= 4 is 12.0 Å². The fraction of sp³-hybridized carbons (Fsp3) is 0.636.